The second kappa shape index (κ2) is 5.64. The predicted molar refractivity (Wildman–Crippen MR) is 77.7 cm³/mol. The lowest BCUT2D eigenvalue weighted by Gasteiger charge is -2.21. The fraction of sp³-hybridized carbons (Fsp3) is 0.400. The van der Waals surface area contributed by atoms with Gasteiger partial charge in [-0.1, -0.05) is 18.2 Å². The molecule has 5 nitrogen and oxygen atoms in total. The Balaban J connectivity index is 2.14. The van der Waals surface area contributed by atoms with Gasteiger partial charge in [0.2, 0.25) is 0 Å². The Morgan fingerprint density at radius 1 is 1.40 bits per heavy atom. The maximum Gasteiger partial charge on any atom is 0.321 e. The molecule has 1 atom stereocenters. The van der Waals surface area contributed by atoms with Crippen LogP contribution in [-0.2, 0) is 11.2 Å². The molecule has 2 rings (SSSR count). The number of fused-ring (bicyclic) bond motifs is 1. The number of nitrogens with one attached hydrogen (secondary N) is 2. The SMILES string of the molecule is CC(C)(O)CN[C@@H](Cc1c[nH]c2ccccc12)C(=O)O. The predicted octanol–water partition coefficient (Wildman–Crippen LogP) is 1.52. The summed E-state index contributed by atoms with van der Waals surface area (Å²) in [4.78, 5) is 14.5. The normalized spacial score (nSPS) is 13.6. The zero-order valence-electron chi connectivity index (χ0n) is 11.7. The fourth-order valence-corrected chi connectivity index (χ4v) is 2.14. The van der Waals surface area contributed by atoms with E-state index in [1.807, 2.05) is 30.5 Å². The van der Waals surface area contributed by atoms with E-state index in [1.54, 1.807) is 13.8 Å². The van der Waals surface area contributed by atoms with Crippen LogP contribution in [0, 0.1) is 0 Å². The van der Waals surface area contributed by atoms with Crippen LogP contribution in [0.15, 0.2) is 30.5 Å². The van der Waals surface area contributed by atoms with E-state index in [1.165, 1.54) is 0 Å². The molecule has 1 heterocycles. The van der Waals surface area contributed by atoms with E-state index >= 15 is 0 Å². The monoisotopic (exact) mass is 276 g/mol. The number of aliphatic carboxylic acids is 1. The van der Waals surface area contributed by atoms with Gasteiger partial charge in [0.25, 0.3) is 0 Å². The molecule has 0 spiro atoms. The number of carbonyl (C=O) groups is 1. The molecule has 0 bridgehead atoms. The molecule has 4 N–H and O–H groups in total. The van der Waals surface area contributed by atoms with Crippen molar-refractivity contribution >= 4 is 16.9 Å². The molecule has 0 saturated heterocycles. The summed E-state index contributed by atoms with van der Waals surface area (Å²) in [5.41, 5.74) is 1.01. The Kier molecular flexibility index (Phi) is 4.11. The van der Waals surface area contributed by atoms with Gasteiger partial charge in [0.05, 0.1) is 5.60 Å². The van der Waals surface area contributed by atoms with Crippen molar-refractivity contribution in [3.8, 4) is 0 Å². The molecule has 2 aromatic rings. The highest BCUT2D eigenvalue weighted by atomic mass is 16.4. The second-order valence-electron chi connectivity index (χ2n) is 5.65. The average molecular weight is 276 g/mol. The number of para-hydroxylation sites is 1. The van der Waals surface area contributed by atoms with E-state index in [9.17, 15) is 15.0 Å². The highest BCUT2D eigenvalue weighted by Gasteiger charge is 2.22. The highest BCUT2D eigenvalue weighted by molar-refractivity contribution is 5.84. The zero-order valence-corrected chi connectivity index (χ0v) is 11.7. The van der Waals surface area contributed by atoms with Crippen molar-refractivity contribution in [1.82, 2.24) is 10.3 Å². The first kappa shape index (κ1) is 14.6. The number of carboxylic acid groups (broad SMARTS) is 1. The van der Waals surface area contributed by atoms with Crippen LogP contribution in [0.1, 0.15) is 19.4 Å². The Morgan fingerprint density at radius 2 is 2.10 bits per heavy atom. The Labute approximate surface area is 117 Å². The number of carboxylic acids is 1. The molecule has 0 amide bonds. The highest BCUT2D eigenvalue weighted by Crippen LogP contribution is 2.19. The van der Waals surface area contributed by atoms with Crippen molar-refractivity contribution in [3.63, 3.8) is 0 Å². The summed E-state index contributed by atoms with van der Waals surface area (Å²) in [6.07, 6.45) is 2.21. The summed E-state index contributed by atoms with van der Waals surface area (Å²) in [5.74, 6) is -0.917. The van der Waals surface area contributed by atoms with Crippen LogP contribution in [0.5, 0.6) is 0 Å². The maximum atomic E-state index is 11.3. The molecule has 0 saturated carbocycles. The fourth-order valence-electron chi connectivity index (χ4n) is 2.14. The van der Waals surface area contributed by atoms with Crippen molar-refractivity contribution in [2.24, 2.45) is 0 Å². The molecule has 1 aromatic heterocycles. The Bertz CT molecular complexity index is 598. The molecule has 0 aliphatic carbocycles. The minimum absolute atomic E-state index is 0.228. The van der Waals surface area contributed by atoms with Crippen LogP contribution in [-0.4, -0.2) is 39.4 Å². The molecule has 0 unspecified atom stereocenters. The van der Waals surface area contributed by atoms with Gasteiger partial charge in [0.1, 0.15) is 6.04 Å². The molecule has 0 aliphatic rings. The minimum Gasteiger partial charge on any atom is -0.480 e. The molecular weight excluding hydrogens is 256 g/mol. The molecule has 1 aromatic carbocycles. The van der Waals surface area contributed by atoms with Gasteiger partial charge in [0.15, 0.2) is 0 Å². The van der Waals surface area contributed by atoms with E-state index in [0.29, 0.717) is 6.42 Å². The van der Waals surface area contributed by atoms with Crippen LogP contribution >= 0.6 is 0 Å². The molecule has 0 fully saturated rings. The van der Waals surface area contributed by atoms with Crippen LogP contribution in [0.2, 0.25) is 0 Å². The van der Waals surface area contributed by atoms with Crippen molar-refractivity contribution < 1.29 is 15.0 Å². The van der Waals surface area contributed by atoms with Crippen molar-refractivity contribution in [1.29, 1.82) is 0 Å². The topological polar surface area (TPSA) is 85.4 Å². The minimum atomic E-state index is -0.937. The summed E-state index contributed by atoms with van der Waals surface area (Å²) in [6, 6.07) is 7.07. The molecule has 0 radical (unpaired) electrons. The van der Waals surface area contributed by atoms with Gasteiger partial charge in [0, 0.05) is 30.1 Å². The van der Waals surface area contributed by atoms with E-state index in [-0.39, 0.29) is 6.54 Å². The third-order valence-electron chi connectivity index (χ3n) is 3.18. The lowest BCUT2D eigenvalue weighted by Crippen LogP contribution is -2.45. The molecule has 5 heteroatoms. The summed E-state index contributed by atoms with van der Waals surface area (Å²) >= 11 is 0. The van der Waals surface area contributed by atoms with Crippen molar-refractivity contribution in [3.05, 3.63) is 36.0 Å². The van der Waals surface area contributed by atoms with Crippen LogP contribution in [0.4, 0.5) is 0 Å². The largest absolute Gasteiger partial charge is 0.480 e. The number of hydrogen-bond donors (Lipinski definition) is 4. The van der Waals surface area contributed by atoms with Gasteiger partial charge < -0.3 is 20.5 Å². The molecular formula is C15H20N2O3. The standard InChI is InChI=1S/C15H20N2O3/c1-15(2,20)9-17-13(14(18)19)7-10-8-16-12-6-4-3-5-11(10)12/h3-6,8,13,16-17,20H,7,9H2,1-2H3,(H,18,19)/t13-/m0/s1. The average Bonchev–Trinajstić information content (AvgIpc) is 2.76. The van der Waals surface area contributed by atoms with E-state index in [0.717, 1.165) is 16.5 Å². The summed E-state index contributed by atoms with van der Waals surface area (Å²) in [5, 5.41) is 22.9. The first-order chi connectivity index (χ1) is 9.37. The summed E-state index contributed by atoms with van der Waals surface area (Å²) in [7, 11) is 0. The number of H-pyrrole nitrogens is 1. The van der Waals surface area contributed by atoms with Gasteiger partial charge >= 0.3 is 5.97 Å². The smallest absolute Gasteiger partial charge is 0.321 e. The second-order valence-corrected chi connectivity index (χ2v) is 5.65. The number of aliphatic hydroxyl groups is 1. The van der Waals surface area contributed by atoms with Gasteiger partial charge in [-0.25, -0.2) is 0 Å². The van der Waals surface area contributed by atoms with E-state index in [2.05, 4.69) is 10.3 Å². The van der Waals surface area contributed by atoms with Gasteiger partial charge in [-0.2, -0.15) is 0 Å². The zero-order chi connectivity index (χ0) is 14.8. The first-order valence-corrected chi connectivity index (χ1v) is 6.60. The van der Waals surface area contributed by atoms with Gasteiger partial charge in [-0.3, -0.25) is 4.79 Å². The number of benzene rings is 1. The van der Waals surface area contributed by atoms with Crippen molar-refractivity contribution in [2.45, 2.75) is 31.9 Å². The van der Waals surface area contributed by atoms with Gasteiger partial charge in [-0.05, 0) is 25.5 Å². The molecule has 108 valence electrons. The van der Waals surface area contributed by atoms with Crippen molar-refractivity contribution in [2.75, 3.05) is 6.54 Å². The Morgan fingerprint density at radius 3 is 2.75 bits per heavy atom. The van der Waals surface area contributed by atoms with Crippen LogP contribution in [0.25, 0.3) is 10.9 Å². The maximum absolute atomic E-state index is 11.3. The first-order valence-electron chi connectivity index (χ1n) is 6.60. The third kappa shape index (κ3) is 3.59. The van der Waals surface area contributed by atoms with Crippen LogP contribution in [0.3, 0.4) is 0 Å². The summed E-state index contributed by atoms with van der Waals surface area (Å²) < 4.78 is 0. The summed E-state index contributed by atoms with van der Waals surface area (Å²) in [6.45, 7) is 3.52. The Hall–Kier alpha value is -1.85. The lowest BCUT2D eigenvalue weighted by molar-refractivity contribution is -0.139. The molecule has 20 heavy (non-hydrogen) atoms. The van der Waals surface area contributed by atoms with E-state index in [4.69, 9.17) is 0 Å². The van der Waals surface area contributed by atoms with Gasteiger partial charge in [-0.15, -0.1) is 0 Å². The molecule has 0 aliphatic heterocycles. The number of hydrogen-bond acceptors (Lipinski definition) is 3. The van der Waals surface area contributed by atoms with Crippen LogP contribution < -0.4 is 5.32 Å². The lowest BCUT2D eigenvalue weighted by atomic mass is 10.0. The van der Waals surface area contributed by atoms with E-state index < -0.39 is 17.6 Å². The number of aromatic nitrogens is 1. The quantitative estimate of drug-likeness (QED) is 0.644. The number of rotatable bonds is 6. The third-order valence-corrected chi connectivity index (χ3v) is 3.18. The number of aromatic amines is 1.